The van der Waals surface area contributed by atoms with Gasteiger partial charge in [-0.15, -0.1) is 0 Å². The first-order valence-electron chi connectivity index (χ1n) is 7.22. The Labute approximate surface area is 161 Å². The Balaban J connectivity index is 2.51. The van der Waals surface area contributed by atoms with Gasteiger partial charge in [0.15, 0.2) is 9.84 Å². The lowest BCUT2D eigenvalue weighted by Crippen LogP contribution is -2.10. The molecule has 1 N–H and O–H groups in total. The Morgan fingerprint density at radius 3 is 2.11 bits per heavy atom. The van der Waals surface area contributed by atoms with E-state index in [1.165, 1.54) is 20.3 Å². The number of methoxy groups -OCH3 is 2. The molecule has 27 heavy (non-hydrogen) atoms. The van der Waals surface area contributed by atoms with Crippen LogP contribution in [0.5, 0.6) is 11.5 Å². The zero-order valence-corrected chi connectivity index (χ0v) is 16.9. The smallest absolute Gasteiger partial charge is 0.298 e. The van der Waals surface area contributed by atoms with E-state index in [9.17, 15) is 21.4 Å². The van der Waals surface area contributed by atoms with E-state index in [0.717, 1.165) is 12.3 Å². The average molecular weight is 438 g/mol. The molecule has 148 valence electrons. The minimum absolute atomic E-state index is 0.0181. The predicted molar refractivity (Wildman–Crippen MR) is 95.6 cm³/mol. The highest BCUT2D eigenvalue weighted by Gasteiger charge is 2.21. The zero-order chi connectivity index (χ0) is 20.4. The van der Waals surface area contributed by atoms with Crippen LogP contribution in [0.4, 0.5) is 0 Å². The van der Waals surface area contributed by atoms with Crippen LogP contribution in [0.25, 0.3) is 0 Å². The zero-order valence-electron chi connectivity index (χ0n) is 14.5. The van der Waals surface area contributed by atoms with Crippen molar-refractivity contribution >= 4 is 31.6 Å². The molecule has 0 bridgehead atoms. The van der Waals surface area contributed by atoms with Crippen LogP contribution in [0, 0.1) is 0 Å². The van der Waals surface area contributed by atoms with Gasteiger partial charge in [0.2, 0.25) is 5.28 Å². The third kappa shape index (κ3) is 5.73. The first-order valence-corrected chi connectivity index (χ1v) is 11.1. The molecule has 0 saturated carbocycles. The van der Waals surface area contributed by atoms with E-state index in [2.05, 4.69) is 15.0 Å². The number of aromatic nitrogens is 3. The second kappa shape index (κ2) is 7.92. The van der Waals surface area contributed by atoms with Crippen molar-refractivity contribution in [3.8, 4) is 11.5 Å². The van der Waals surface area contributed by atoms with Crippen LogP contribution in [-0.4, -0.2) is 56.8 Å². The minimum Gasteiger partial charge on any atom is -0.496 e. The molecule has 0 fully saturated rings. The van der Waals surface area contributed by atoms with Gasteiger partial charge in [-0.05, 0) is 17.7 Å². The maximum Gasteiger partial charge on any atom is 0.298 e. The number of hydrogen-bond donors (Lipinski definition) is 1. The van der Waals surface area contributed by atoms with E-state index >= 15 is 0 Å². The maximum atomic E-state index is 11.5. The van der Waals surface area contributed by atoms with Crippen molar-refractivity contribution in [3.05, 3.63) is 34.6 Å². The maximum absolute atomic E-state index is 11.5. The lowest BCUT2D eigenvalue weighted by Gasteiger charge is -2.13. The highest BCUT2D eigenvalue weighted by Crippen LogP contribution is 2.33. The fourth-order valence-corrected chi connectivity index (χ4v) is 3.70. The van der Waals surface area contributed by atoms with Gasteiger partial charge in [0.25, 0.3) is 10.1 Å². The van der Waals surface area contributed by atoms with Gasteiger partial charge in [0.1, 0.15) is 33.8 Å². The van der Waals surface area contributed by atoms with Gasteiger partial charge in [-0.2, -0.15) is 8.42 Å². The van der Waals surface area contributed by atoms with E-state index in [1.807, 2.05) is 0 Å². The van der Waals surface area contributed by atoms with Crippen molar-refractivity contribution in [1.29, 1.82) is 0 Å². The van der Waals surface area contributed by atoms with E-state index < -0.39 is 30.6 Å². The van der Waals surface area contributed by atoms with Gasteiger partial charge in [-0.3, -0.25) is 4.55 Å². The Hall–Kier alpha value is -2.02. The van der Waals surface area contributed by atoms with Crippen molar-refractivity contribution in [2.75, 3.05) is 20.5 Å². The van der Waals surface area contributed by atoms with E-state index in [0.29, 0.717) is 5.56 Å². The van der Waals surface area contributed by atoms with Crippen LogP contribution >= 0.6 is 11.6 Å². The Kier molecular flexibility index (Phi) is 6.24. The summed E-state index contributed by atoms with van der Waals surface area (Å²) >= 11 is 5.84. The topological polar surface area (TPSA) is 146 Å². The lowest BCUT2D eigenvalue weighted by atomic mass is 10.1. The number of benzene rings is 1. The SMILES string of the molecule is COc1cc(S(=O)(=O)O)c(OC)cc1Cc1nc(Cl)nc(CS(C)(=O)=O)n1. The molecule has 0 aliphatic heterocycles. The molecule has 13 heteroatoms. The van der Waals surface area contributed by atoms with Crippen LogP contribution in [0.15, 0.2) is 17.0 Å². The van der Waals surface area contributed by atoms with E-state index in [4.69, 9.17) is 21.1 Å². The standard InChI is InChI=1S/C14H16ClN3O7S2/c1-24-9-6-11(27(21,22)23)10(25-2)4-8(9)5-12-16-13(7-26(3,19)20)18-14(15)17-12/h4,6H,5,7H2,1-3H3,(H,21,22,23). The third-order valence-electron chi connectivity index (χ3n) is 3.29. The number of rotatable bonds is 7. The van der Waals surface area contributed by atoms with Crippen molar-refractivity contribution in [2.45, 2.75) is 17.1 Å². The first-order chi connectivity index (χ1) is 12.4. The number of hydrogen-bond acceptors (Lipinski definition) is 9. The predicted octanol–water partition coefficient (Wildman–Crippen LogP) is 0.924. The molecule has 0 unspecified atom stereocenters. The number of sulfone groups is 1. The molecule has 2 rings (SSSR count). The average Bonchev–Trinajstić information content (AvgIpc) is 2.51. The van der Waals surface area contributed by atoms with E-state index in [1.54, 1.807) is 0 Å². The number of ether oxygens (including phenoxy) is 2. The molecule has 10 nitrogen and oxygen atoms in total. The minimum atomic E-state index is -4.54. The van der Waals surface area contributed by atoms with Crippen molar-refractivity contribution in [2.24, 2.45) is 0 Å². The molecule has 0 amide bonds. The molecular weight excluding hydrogens is 422 g/mol. The Morgan fingerprint density at radius 2 is 1.59 bits per heavy atom. The summed E-state index contributed by atoms with van der Waals surface area (Å²) in [5.74, 6) is -0.263. The van der Waals surface area contributed by atoms with Gasteiger partial charge < -0.3 is 9.47 Å². The second-order valence-corrected chi connectivity index (χ2v) is 9.34. The summed E-state index contributed by atoms with van der Waals surface area (Å²) in [5.41, 5.74) is 0.425. The summed E-state index contributed by atoms with van der Waals surface area (Å²) < 4.78 is 65.3. The van der Waals surface area contributed by atoms with Gasteiger partial charge in [0.05, 0.1) is 14.2 Å². The highest BCUT2D eigenvalue weighted by atomic mass is 35.5. The van der Waals surface area contributed by atoms with Gasteiger partial charge >= 0.3 is 0 Å². The number of nitrogens with zero attached hydrogens (tertiary/aromatic N) is 3. The summed E-state index contributed by atoms with van der Waals surface area (Å²) in [6.45, 7) is 0. The van der Waals surface area contributed by atoms with Crippen molar-refractivity contribution < 1.29 is 30.9 Å². The van der Waals surface area contributed by atoms with Crippen LogP contribution in [0.2, 0.25) is 5.28 Å². The largest absolute Gasteiger partial charge is 0.496 e. The number of halogens is 1. The lowest BCUT2D eigenvalue weighted by molar-refractivity contribution is 0.385. The summed E-state index contributed by atoms with van der Waals surface area (Å²) in [7, 11) is -5.36. The molecular formula is C14H16ClN3O7S2. The molecule has 1 aromatic heterocycles. The fraction of sp³-hybridized carbons (Fsp3) is 0.357. The van der Waals surface area contributed by atoms with Crippen LogP contribution in [0.1, 0.15) is 17.2 Å². The van der Waals surface area contributed by atoms with Crippen molar-refractivity contribution in [1.82, 2.24) is 15.0 Å². The summed E-state index contributed by atoms with van der Waals surface area (Å²) in [6, 6.07) is 2.44. The quantitative estimate of drug-likeness (QED) is 0.620. The molecule has 0 aliphatic rings. The third-order valence-corrected chi connectivity index (χ3v) is 5.11. The van der Waals surface area contributed by atoms with Crippen LogP contribution in [-0.2, 0) is 32.1 Å². The monoisotopic (exact) mass is 437 g/mol. The Morgan fingerprint density at radius 1 is 1.00 bits per heavy atom. The van der Waals surface area contributed by atoms with Gasteiger partial charge in [-0.1, -0.05) is 0 Å². The highest BCUT2D eigenvalue weighted by molar-refractivity contribution is 7.89. The summed E-state index contributed by atoms with van der Waals surface area (Å²) in [5, 5.41) is -0.181. The van der Waals surface area contributed by atoms with Gasteiger partial charge in [-0.25, -0.2) is 23.4 Å². The van der Waals surface area contributed by atoms with Crippen LogP contribution < -0.4 is 9.47 Å². The molecule has 2 aromatic rings. The van der Waals surface area contributed by atoms with Crippen LogP contribution in [0.3, 0.4) is 0 Å². The molecule has 0 aliphatic carbocycles. The molecule has 0 spiro atoms. The molecule has 0 saturated heterocycles. The van der Waals surface area contributed by atoms with Gasteiger partial charge in [0, 0.05) is 24.3 Å². The van der Waals surface area contributed by atoms with E-state index in [-0.39, 0.29) is 34.9 Å². The van der Waals surface area contributed by atoms with Crippen molar-refractivity contribution in [3.63, 3.8) is 0 Å². The second-order valence-electron chi connectivity index (χ2n) is 5.47. The first kappa shape index (κ1) is 21.3. The Bertz CT molecular complexity index is 1070. The molecule has 0 atom stereocenters. The molecule has 0 radical (unpaired) electrons. The fourth-order valence-electron chi connectivity index (χ4n) is 2.26. The molecule has 1 heterocycles. The molecule has 1 aromatic carbocycles. The summed E-state index contributed by atoms with van der Waals surface area (Å²) in [6.07, 6.45) is 1.05. The summed E-state index contributed by atoms with van der Waals surface area (Å²) in [4.78, 5) is 11.3. The normalized spacial score (nSPS) is 12.0.